The van der Waals surface area contributed by atoms with E-state index in [1.807, 2.05) is 30.3 Å². The van der Waals surface area contributed by atoms with Crippen molar-refractivity contribution in [2.75, 3.05) is 18.1 Å². The zero-order valence-electron chi connectivity index (χ0n) is 15.0. The molecule has 0 atom stereocenters. The molecule has 4 rings (SSSR count). The molecule has 0 saturated carbocycles. The van der Waals surface area contributed by atoms with Gasteiger partial charge in [0.15, 0.2) is 6.61 Å². The summed E-state index contributed by atoms with van der Waals surface area (Å²) in [5.41, 5.74) is 6.50. The molecule has 6 heteroatoms. The summed E-state index contributed by atoms with van der Waals surface area (Å²) < 4.78 is 5.41. The van der Waals surface area contributed by atoms with Gasteiger partial charge in [-0.3, -0.25) is 14.5 Å². The van der Waals surface area contributed by atoms with E-state index in [9.17, 15) is 9.59 Å². The number of ether oxygens (including phenoxy) is 1. The molecule has 2 aromatic carbocycles. The second-order valence-corrected chi connectivity index (χ2v) is 6.69. The average molecular weight is 363 g/mol. The number of hydrazone groups is 1. The molecule has 0 unspecified atom stereocenters. The van der Waals surface area contributed by atoms with E-state index in [0.717, 1.165) is 37.0 Å². The third-order valence-electron chi connectivity index (χ3n) is 4.86. The minimum Gasteiger partial charge on any atom is -0.482 e. The molecule has 0 aromatic heterocycles. The molecule has 1 aliphatic carbocycles. The van der Waals surface area contributed by atoms with E-state index in [-0.39, 0.29) is 25.0 Å². The van der Waals surface area contributed by atoms with Crippen LogP contribution in [0.3, 0.4) is 0 Å². The number of carbonyl (C=O) groups is 2. The lowest BCUT2D eigenvalue weighted by molar-refractivity contribution is -0.125. The standard InChI is InChI=1S/C21H21N3O3/c25-20(13-24-18-11-5-6-12-19(18)27-14-21(24)26)23-22-17-10-4-2-8-15-7-1-3-9-16(15)17/h1,3,5-7,9,11-12H,2,4,8,10,13-14H2,(H,23,25)/b22-17+. The zero-order chi connectivity index (χ0) is 18.6. The van der Waals surface area contributed by atoms with Gasteiger partial charge in [-0.1, -0.05) is 36.4 Å². The van der Waals surface area contributed by atoms with Gasteiger partial charge in [-0.15, -0.1) is 0 Å². The Morgan fingerprint density at radius 2 is 1.85 bits per heavy atom. The van der Waals surface area contributed by atoms with Crippen molar-refractivity contribution in [1.82, 2.24) is 5.43 Å². The van der Waals surface area contributed by atoms with E-state index in [4.69, 9.17) is 4.74 Å². The lowest BCUT2D eigenvalue weighted by atomic mass is 10.0. The molecule has 1 heterocycles. The molecule has 0 bridgehead atoms. The molecule has 138 valence electrons. The Balaban J connectivity index is 1.49. The van der Waals surface area contributed by atoms with Crippen LogP contribution in [0.25, 0.3) is 0 Å². The molecule has 1 aliphatic heterocycles. The summed E-state index contributed by atoms with van der Waals surface area (Å²) in [7, 11) is 0. The van der Waals surface area contributed by atoms with Gasteiger partial charge >= 0.3 is 0 Å². The first kappa shape index (κ1) is 17.3. The van der Waals surface area contributed by atoms with Gasteiger partial charge in [0.1, 0.15) is 12.3 Å². The number of nitrogens with one attached hydrogen (secondary N) is 1. The fourth-order valence-corrected chi connectivity index (χ4v) is 3.51. The van der Waals surface area contributed by atoms with Gasteiger partial charge in [-0.25, -0.2) is 5.43 Å². The molecule has 6 nitrogen and oxygen atoms in total. The molecule has 27 heavy (non-hydrogen) atoms. The number of benzene rings is 2. The first-order valence-electron chi connectivity index (χ1n) is 9.18. The Kier molecular flexibility index (Phi) is 4.87. The number of fused-ring (bicyclic) bond motifs is 2. The van der Waals surface area contributed by atoms with E-state index < -0.39 is 0 Å². The molecular weight excluding hydrogens is 342 g/mol. The highest BCUT2D eigenvalue weighted by Crippen LogP contribution is 2.31. The third kappa shape index (κ3) is 3.69. The van der Waals surface area contributed by atoms with Crippen LogP contribution in [0.1, 0.15) is 30.4 Å². The van der Waals surface area contributed by atoms with E-state index in [2.05, 4.69) is 16.6 Å². The SMILES string of the molecule is O=C(CN1C(=O)COc2ccccc21)N/N=C1\CCCCc2ccccc21. The third-order valence-corrected chi connectivity index (χ3v) is 4.86. The summed E-state index contributed by atoms with van der Waals surface area (Å²) in [6.45, 7) is -0.149. The van der Waals surface area contributed by atoms with Gasteiger partial charge in [0.05, 0.1) is 11.4 Å². The highest BCUT2D eigenvalue weighted by molar-refractivity contribution is 6.04. The summed E-state index contributed by atoms with van der Waals surface area (Å²) in [4.78, 5) is 26.1. The lowest BCUT2D eigenvalue weighted by Crippen LogP contribution is -2.44. The van der Waals surface area contributed by atoms with Crippen molar-refractivity contribution >= 4 is 23.2 Å². The maximum Gasteiger partial charge on any atom is 0.265 e. The van der Waals surface area contributed by atoms with Crippen molar-refractivity contribution in [3.63, 3.8) is 0 Å². The summed E-state index contributed by atoms with van der Waals surface area (Å²) in [5, 5.41) is 4.38. The predicted molar refractivity (Wildman–Crippen MR) is 103 cm³/mol. The average Bonchev–Trinajstić information content (AvgIpc) is 2.91. The Labute approximate surface area is 157 Å². The number of anilines is 1. The van der Waals surface area contributed by atoms with E-state index >= 15 is 0 Å². The van der Waals surface area contributed by atoms with Crippen LogP contribution in [0.4, 0.5) is 5.69 Å². The maximum absolute atomic E-state index is 12.5. The normalized spacial score (nSPS) is 17.6. The van der Waals surface area contributed by atoms with Gasteiger partial charge in [0.25, 0.3) is 11.8 Å². The summed E-state index contributed by atoms with van der Waals surface area (Å²) in [6.07, 6.45) is 4.01. The van der Waals surface area contributed by atoms with Crippen molar-refractivity contribution < 1.29 is 14.3 Å². The molecule has 0 saturated heterocycles. The van der Waals surface area contributed by atoms with Crippen LogP contribution in [-0.2, 0) is 16.0 Å². The van der Waals surface area contributed by atoms with Crippen molar-refractivity contribution in [2.45, 2.75) is 25.7 Å². The van der Waals surface area contributed by atoms with Crippen molar-refractivity contribution in [2.24, 2.45) is 5.10 Å². The fraction of sp³-hybridized carbons (Fsp3) is 0.286. The predicted octanol–water partition coefficient (Wildman–Crippen LogP) is 2.66. The first-order chi connectivity index (χ1) is 13.2. The molecule has 0 spiro atoms. The molecule has 2 aromatic rings. The first-order valence-corrected chi connectivity index (χ1v) is 9.18. The van der Waals surface area contributed by atoms with Crippen LogP contribution < -0.4 is 15.1 Å². The molecule has 1 N–H and O–H groups in total. The van der Waals surface area contributed by atoms with Crippen molar-refractivity contribution in [3.05, 3.63) is 59.7 Å². The van der Waals surface area contributed by atoms with Crippen LogP contribution in [0, 0.1) is 0 Å². The summed E-state index contributed by atoms with van der Waals surface area (Å²) in [5.74, 6) is 0.0412. The summed E-state index contributed by atoms with van der Waals surface area (Å²) >= 11 is 0. The summed E-state index contributed by atoms with van der Waals surface area (Å²) in [6, 6.07) is 15.4. The second kappa shape index (κ2) is 7.61. The van der Waals surface area contributed by atoms with E-state index in [0.29, 0.717) is 11.4 Å². The molecule has 0 fully saturated rings. The quantitative estimate of drug-likeness (QED) is 0.673. The number of carbonyl (C=O) groups excluding carboxylic acids is 2. The smallest absolute Gasteiger partial charge is 0.265 e. The largest absolute Gasteiger partial charge is 0.482 e. The van der Waals surface area contributed by atoms with Crippen LogP contribution in [0.2, 0.25) is 0 Å². The fourth-order valence-electron chi connectivity index (χ4n) is 3.51. The molecule has 0 radical (unpaired) electrons. The van der Waals surface area contributed by atoms with Gasteiger partial charge < -0.3 is 4.74 Å². The van der Waals surface area contributed by atoms with E-state index in [1.165, 1.54) is 10.5 Å². The number of rotatable bonds is 3. The van der Waals surface area contributed by atoms with Crippen molar-refractivity contribution in [3.8, 4) is 5.75 Å². The highest BCUT2D eigenvalue weighted by Gasteiger charge is 2.27. The number of amides is 2. The topological polar surface area (TPSA) is 71.0 Å². The van der Waals surface area contributed by atoms with Crippen molar-refractivity contribution in [1.29, 1.82) is 0 Å². The monoisotopic (exact) mass is 363 g/mol. The minimum atomic E-state index is -0.325. The number of hydrogen-bond donors (Lipinski definition) is 1. The van der Waals surface area contributed by atoms with Gasteiger partial charge in [0.2, 0.25) is 0 Å². The van der Waals surface area contributed by atoms with Gasteiger partial charge in [-0.2, -0.15) is 5.10 Å². The Morgan fingerprint density at radius 3 is 2.78 bits per heavy atom. The van der Waals surface area contributed by atoms with E-state index in [1.54, 1.807) is 12.1 Å². The Bertz CT molecular complexity index is 907. The molecule has 2 aliphatic rings. The minimum absolute atomic E-state index is 0.0633. The van der Waals surface area contributed by atoms with Gasteiger partial charge in [-0.05, 0) is 43.4 Å². The van der Waals surface area contributed by atoms with Crippen LogP contribution in [-0.4, -0.2) is 30.7 Å². The van der Waals surface area contributed by atoms with Crippen LogP contribution in [0.15, 0.2) is 53.6 Å². The van der Waals surface area contributed by atoms with Crippen LogP contribution in [0.5, 0.6) is 5.75 Å². The Hall–Kier alpha value is -3.15. The molecular formula is C21H21N3O3. The second-order valence-electron chi connectivity index (χ2n) is 6.69. The number of aryl methyl sites for hydroxylation is 1. The lowest BCUT2D eigenvalue weighted by Gasteiger charge is -2.28. The zero-order valence-corrected chi connectivity index (χ0v) is 15.0. The number of para-hydroxylation sites is 2. The number of hydrogen-bond acceptors (Lipinski definition) is 4. The Morgan fingerprint density at radius 1 is 1.07 bits per heavy atom. The highest BCUT2D eigenvalue weighted by atomic mass is 16.5. The number of nitrogens with zero attached hydrogens (tertiary/aromatic N) is 2. The van der Waals surface area contributed by atoms with Crippen LogP contribution >= 0.6 is 0 Å². The maximum atomic E-state index is 12.5. The molecule has 2 amide bonds. The van der Waals surface area contributed by atoms with Gasteiger partial charge in [0, 0.05) is 5.56 Å².